The summed E-state index contributed by atoms with van der Waals surface area (Å²) in [6.45, 7) is 3.58. The largest absolute Gasteiger partial charge is 0.360 e. The molecule has 1 aromatic heterocycles. The van der Waals surface area contributed by atoms with Crippen molar-refractivity contribution in [2.75, 3.05) is 12.4 Å². The molecule has 0 radical (unpaired) electrons. The molecule has 0 saturated carbocycles. The fraction of sp³-hybridized carbons (Fsp3) is 0.235. The molecule has 6 nitrogen and oxygen atoms in total. The predicted octanol–water partition coefficient (Wildman–Crippen LogP) is 4.06. The van der Waals surface area contributed by atoms with Gasteiger partial charge in [0, 0.05) is 18.8 Å². The SMILES string of the molecule is CC1=C(C(=O)Nc2cc(C)on2)[C@H](c2ccc(Cl)c(Cl)c2)NC(=S)N1C. The normalized spacial score (nSPS) is 17.3. The van der Waals surface area contributed by atoms with Crippen LogP contribution in [0.2, 0.25) is 10.0 Å². The molecule has 1 aliphatic heterocycles. The maximum absolute atomic E-state index is 13.0. The number of rotatable bonds is 3. The lowest BCUT2D eigenvalue weighted by atomic mass is 9.94. The number of thiocarbonyl (C=S) groups is 1. The summed E-state index contributed by atoms with van der Waals surface area (Å²) in [5.41, 5.74) is 2.00. The number of carbonyl (C=O) groups is 1. The number of benzene rings is 1. The van der Waals surface area contributed by atoms with Gasteiger partial charge in [-0.2, -0.15) is 0 Å². The Kier molecular flexibility index (Phi) is 5.22. The summed E-state index contributed by atoms with van der Waals surface area (Å²) in [6, 6.07) is 6.39. The molecule has 3 rings (SSSR count). The summed E-state index contributed by atoms with van der Waals surface area (Å²) in [5, 5.41) is 11.1. The molecule has 1 aromatic carbocycles. The number of hydrogen-bond donors (Lipinski definition) is 2. The lowest BCUT2D eigenvalue weighted by Gasteiger charge is -2.35. The fourth-order valence-electron chi connectivity index (χ4n) is 2.68. The molecule has 9 heteroatoms. The lowest BCUT2D eigenvalue weighted by Crippen LogP contribution is -2.46. The molecule has 1 atom stereocenters. The first-order valence-electron chi connectivity index (χ1n) is 7.72. The minimum absolute atomic E-state index is 0.311. The molecule has 1 aliphatic rings. The Morgan fingerprint density at radius 2 is 2.04 bits per heavy atom. The Hall–Kier alpha value is -2.09. The molecule has 0 spiro atoms. The zero-order valence-corrected chi connectivity index (χ0v) is 16.6. The van der Waals surface area contributed by atoms with E-state index in [1.807, 2.05) is 6.92 Å². The van der Waals surface area contributed by atoms with E-state index >= 15 is 0 Å². The monoisotopic (exact) mass is 410 g/mol. The van der Waals surface area contributed by atoms with Crippen LogP contribution in [-0.4, -0.2) is 28.1 Å². The van der Waals surface area contributed by atoms with E-state index in [0.717, 1.165) is 11.3 Å². The molecule has 2 heterocycles. The van der Waals surface area contributed by atoms with Crippen molar-refractivity contribution < 1.29 is 9.32 Å². The topological polar surface area (TPSA) is 70.4 Å². The quantitative estimate of drug-likeness (QED) is 0.743. The van der Waals surface area contributed by atoms with Crippen molar-refractivity contribution in [3.05, 3.63) is 56.9 Å². The van der Waals surface area contributed by atoms with Crippen LogP contribution in [0.3, 0.4) is 0 Å². The summed E-state index contributed by atoms with van der Waals surface area (Å²) in [4.78, 5) is 14.7. The third-order valence-electron chi connectivity index (χ3n) is 4.15. The van der Waals surface area contributed by atoms with Gasteiger partial charge in [0.15, 0.2) is 10.9 Å². The first kappa shape index (κ1) is 18.7. The molecule has 2 N–H and O–H groups in total. The number of halogens is 2. The summed E-state index contributed by atoms with van der Waals surface area (Å²) < 4.78 is 5.00. The van der Waals surface area contributed by atoms with Crippen molar-refractivity contribution in [1.82, 2.24) is 15.4 Å². The number of allylic oxidation sites excluding steroid dienone is 1. The number of aromatic nitrogens is 1. The van der Waals surface area contributed by atoms with Gasteiger partial charge in [-0.3, -0.25) is 4.79 Å². The van der Waals surface area contributed by atoms with Gasteiger partial charge in [0.25, 0.3) is 5.91 Å². The summed E-state index contributed by atoms with van der Waals surface area (Å²) in [7, 11) is 1.79. The van der Waals surface area contributed by atoms with Crippen LogP contribution in [0.1, 0.15) is 24.3 Å². The van der Waals surface area contributed by atoms with Gasteiger partial charge in [-0.05, 0) is 43.8 Å². The number of nitrogens with one attached hydrogen (secondary N) is 2. The van der Waals surface area contributed by atoms with Gasteiger partial charge >= 0.3 is 0 Å². The fourth-order valence-corrected chi connectivity index (χ4v) is 3.24. The minimum Gasteiger partial charge on any atom is -0.360 e. The van der Waals surface area contributed by atoms with E-state index in [4.69, 9.17) is 39.9 Å². The minimum atomic E-state index is -0.471. The average Bonchev–Trinajstić information content (AvgIpc) is 2.99. The number of amides is 1. The Bertz CT molecular complexity index is 925. The lowest BCUT2D eigenvalue weighted by molar-refractivity contribution is -0.113. The molecule has 136 valence electrons. The number of nitrogens with zero attached hydrogens (tertiary/aromatic N) is 2. The Labute approximate surface area is 166 Å². The Morgan fingerprint density at radius 1 is 1.31 bits per heavy atom. The van der Waals surface area contributed by atoms with Crippen LogP contribution in [0.4, 0.5) is 5.82 Å². The van der Waals surface area contributed by atoms with Crippen LogP contribution < -0.4 is 10.6 Å². The summed E-state index contributed by atoms with van der Waals surface area (Å²) in [6.07, 6.45) is 0. The first-order chi connectivity index (χ1) is 12.3. The van der Waals surface area contributed by atoms with Crippen molar-refractivity contribution in [3.8, 4) is 0 Å². The first-order valence-corrected chi connectivity index (χ1v) is 8.89. The summed E-state index contributed by atoms with van der Waals surface area (Å²) in [5.74, 6) is 0.636. The van der Waals surface area contributed by atoms with E-state index in [0.29, 0.717) is 32.3 Å². The van der Waals surface area contributed by atoms with Crippen LogP contribution in [0.5, 0.6) is 0 Å². The van der Waals surface area contributed by atoms with Crippen LogP contribution in [0.15, 0.2) is 40.1 Å². The number of carbonyl (C=O) groups excluding carboxylic acids is 1. The molecule has 26 heavy (non-hydrogen) atoms. The van der Waals surface area contributed by atoms with E-state index < -0.39 is 6.04 Å². The van der Waals surface area contributed by atoms with E-state index in [2.05, 4.69) is 15.8 Å². The van der Waals surface area contributed by atoms with Gasteiger partial charge in [0.2, 0.25) is 0 Å². The number of aryl methyl sites for hydroxylation is 1. The van der Waals surface area contributed by atoms with Gasteiger partial charge in [-0.25, -0.2) is 0 Å². The predicted molar refractivity (Wildman–Crippen MR) is 105 cm³/mol. The highest BCUT2D eigenvalue weighted by Gasteiger charge is 2.33. The highest BCUT2D eigenvalue weighted by Crippen LogP contribution is 2.33. The molecule has 0 fully saturated rings. The molecule has 2 aromatic rings. The molecular formula is C17H16Cl2N4O2S. The molecule has 0 unspecified atom stereocenters. The zero-order valence-electron chi connectivity index (χ0n) is 14.3. The van der Waals surface area contributed by atoms with Gasteiger partial charge in [-0.1, -0.05) is 34.4 Å². The van der Waals surface area contributed by atoms with E-state index in [9.17, 15) is 4.79 Å². The zero-order chi connectivity index (χ0) is 19.0. The van der Waals surface area contributed by atoms with E-state index in [1.165, 1.54) is 0 Å². The second kappa shape index (κ2) is 7.26. The summed E-state index contributed by atoms with van der Waals surface area (Å²) >= 11 is 17.5. The molecule has 0 saturated heterocycles. The maximum Gasteiger partial charge on any atom is 0.257 e. The van der Waals surface area contributed by atoms with Crippen molar-refractivity contribution in [2.24, 2.45) is 0 Å². The maximum atomic E-state index is 13.0. The van der Waals surface area contributed by atoms with Crippen LogP contribution in [-0.2, 0) is 4.79 Å². The molecular weight excluding hydrogens is 395 g/mol. The van der Waals surface area contributed by atoms with Crippen molar-refractivity contribution >= 4 is 52.3 Å². The average molecular weight is 411 g/mol. The highest BCUT2D eigenvalue weighted by atomic mass is 35.5. The second-order valence-corrected chi connectivity index (χ2v) is 7.09. The van der Waals surface area contributed by atoms with Crippen molar-refractivity contribution in [3.63, 3.8) is 0 Å². The smallest absolute Gasteiger partial charge is 0.257 e. The Balaban J connectivity index is 2.02. The van der Waals surface area contributed by atoms with Gasteiger partial charge < -0.3 is 20.1 Å². The number of anilines is 1. The van der Waals surface area contributed by atoms with Crippen molar-refractivity contribution in [1.29, 1.82) is 0 Å². The van der Waals surface area contributed by atoms with Gasteiger partial charge in [-0.15, -0.1) is 0 Å². The third-order valence-corrected chi connectivity index (χ3v) is 5.28. The number of hydrogen-bond acceptors (Lipinski definition) is 4. The molecule has 0 aliphatic carbocycles. The highest BCUT2D eigenvalue weighted by molar-refractivity contribution is 7.80. The molecule has 1 amide bonds. The van der Waals surface area contributed by atoms with E-state index in [-0.39, 0.29) is 5.91 Å². The Morgan fingerprint density at radius 3 is 2.65 bits per heavy atom. The van der Waals surface area contributed by atoms with E-state index in [1.54, 1.807) is 43.1 Å². The van der Waals surface area contributed by atoms with Gasteiger partial charge in [0.05, 0.1) is 21.7 Å². The standard InChI is InChI=1S/C17H16Cl2N4O2S/c1-8-6-13(22-25-8)20-16(24)14-9(2)23(3)17(26)21-15(14)10-4-5-11(18)12(19)7-10/h4-7,15H,1-3H3,(H,21,26)(H,20,22,24)/t15-/m0/s1. The second-order valence-electron chi connectivity index (χ2n) is 5.89. The third kappa shape index (κ3) is 3.56. The van der Waals surface area contributed by atoms with Crippen LogP contribution in [0.25, 0.3) is 0 Å². The van der Waals surface area contributed by atoms with Gasteiger partial charge in [0.1, 0.15) is 5.76 Å². The van der Waals surface area contributed by atoms with Crippen LogP contribution >= 0.6 is 35.4 Å². The van der Waals surface area contributed by atoms with Crippen LogP contribution in [0, 0.1) is 6.92 Å². The molecule has 0 bridgehead atoms. The van der Waals surface area contributed by atoms with Crippen molar-refractivity contribution in [2.45, 2.75) is 19.9 Å².